The molecule has 1 aromatic rings. The normalized spacial score (nSPS) is 11.3. The lowest BCUT2D eigenvalue weighted by Crippen LogP contribution is -2.29. The van der Waals surface area contributed by atoms with Crippen LogP contribution in [0, 0.1) is 6.92 Å². The van der Waals surface area contributed by atoms with Crippen molar-refractivity contribution < 1.29 is 17.9 Å². The van der Waals surface area contributed by atoms with E-state index < -0.39 is 10.0 Å². The molecular formula is C11H18N2O4S. The average Bonchev–Trinajstić information content (AvgIpc) is 2.35. The van der Waals surface area contributed by atoms with Gasteiger partial charge < -0.3 is 15.2 Å². The molecule has 0 saturated carbocycles. The number of methoxy groups -OCH3 is 2. The SMILES string of the molecule is COc1cc(S(=O)(=O)NCCN)c(OC)cc1C. The van der Waals surface area contributed by atoms with Crippen LogP contribution >= 0.6 is 0 Å². The molecule has 0 aliphatic rings. The fourth-order valence-corrected chi connectivity index (χ4v) is 2.71. The average molecular weight is 274 g/mol. The standard InChI is InChI=1S/C11H18N2O4S/c1-8-6-10(17-3)11(7-9(8)16-2)18(14,15)13-5-4-12/h6-7,13H,4-5,12H2,1-3H3. The van der Waals surface area contributed by atoms with Gasteiger partial charge in [-0.05, 0) is 18.6 Å². The van der Waals surface area contributed by atoms with Crippen LogP contribution in [-0.4, -0.2) is 35.7 Å². The number of ether oxygens (including phenoxy) is 2. The summed E-state index contributed by atoms with van der Waals surface area (Å²) in [5.74, 6) is 0.766. The number of rotatable bonds is 6. The van der Waals surface area contributed by atoms with Crippen LogP contribution in [0.3, 0.4) is 0 Å². The number of hydrogen-bond donors (Lipinski definition) is 2. The van der Waals surface area contributed by atoms with E-state index in [9.17, 15) is 8.42 Å². The van der Waals surface area contributed by atoms with E-state index in [-0.39, 0.29) is 23.7 Å². The first-order valence-corrected chi connectivity index (χ1v) is 6.87. The Labute approximate surface area is 107 Å². The van der Waals surface area contributed by atoms with Crippen molar-refractivity contribution in [1.29, 1.82) is 0 Å². The molecule has 0 fully saturated rings. The summed E-state index contributed by atoms with van der Waals surface area (Å²) in [5, 5.41) is 0. The Bertz CT molecular complexity index is 514. The van der Waals surface area contributed by atoms with Crippen molar-refractivity contribution in [3.05, 3.63) is 17.7 Å². The number of benzene rings is 1. The molecule has 7 heteroatoms. The molecule has 6 nitrogen and oxygen atoms in total. The maximum absolute atomic E-state index is 12.0. The maximum Gasteiger partial charge on any atom is 0.244 e. The Kier molecular flexibility index (Phi) is 4.94. The molecule has 1 rings (SSSR count). The Morgan fingerprint density at radius 1 is 1.22 bits per heavy atom. The molecule has 0 aliphatic heterocycles. The van der Waals surface area contributed by atoms with Crippen molar-refractivity contribution in [3.63, 3.8) is 0 Å². The minimum Gasteiger partial charge on any atom is -0.496 e. The van der Waals surface area contributed by atoms with E-state index in [0.717, 1.165) is 5.56 Å². The second kappa shape index (κ2) is 6.03. The van der Waals surface area contributed by atoms with Crippen molar-refractivity contribution in [2.24, 2.45) is 5.73 Å². The van der Waals surface area contributed by atoms with Gasteiger partial charge in [-0.1, -0.05) is 0 Å². The van der Waals surface area contributed by atoms with Gasteiger partial charge in [0.1, 0.15) is 16.4 Å². The van der Waals surface area contributed by atoms with Crippen LogP contribution in [0.15, 0.2) is 17.0 Å². The van der Waals surface area contributed by atoms with Crippen LogP contribution < -0.4 is 19.9 Å². The molecule has 0 unspecified atom stereocenters. The summed E-state index contributed by atoms with van der Waals surface area (Å²) in [6.07, 6.45) is 0. The van der Waals surface area contributed by atoms with Crippen LogP contribution in [0.2, 0.25) is 0 Å². The van der Waals surface area contributed by atoms with Crippen LogP contribution in [0.1, 0.15) is 5.56 Å². The molecule has 0 amide bonds. The molecule has 0 spiro atoms. The maximum atomic E-state index is 12.0. The zero-order valence-corrected chi connectivity index (χ0v) is 11.5. The fourth-order valence-electron chi connectivity index (χ4n) is 1.50. The van der Waals surface area contributed by atoms with Crippen LogP contribution in [0.4, 0.5) is 0 Å². The van der Waals surface area contributed by atoms with Crippen molar-refractivity contribution in [2.45, 2.75) is 11.8 Å². The molecule has 1 aromatic carbocycles. The zero-order chi connectivity index (χ0) is 13.8. The molecular weight excluding hydrogens is 256 g/mol. The number of nitrogens with one attached hydrogen (secondary N) is 1. The summed E-state index contributed by atoms with van der Waals surface area (Å²) in [6, 6.07) is 3.06. The van der Waals surface area contributed by atoms with Gasteiger partial charge in [0, 0.05) is 19.2 Å². The van der Waals surface area contributed by atoms with Crippen LogP contribution in [0.25, 0.3) is 0 Å². The monoisotopic (exact) mass is 274 g/mol. The molecule has 0 atom stereocenters. The summed E-state index contributed by atoms with van der Waals surface area (Å²) in [6.45, 7) is 2.21. The first-order valence-electron chi connectivity index (χ1n) is 5.38. The molecule has 102 valence electrons. The first-order chi connectivity index (χ1) is 8.46. The molecule has 0 radical (unpaired) electrons. The molecule has 0 aromatic heterocycles. The van der Waals surface area contributed by atoms with E-state index >= 15 is 0 Å². The van der Waals surface area contributed by atoms with Gasteiger partial charge >= 0.3 is 0 Å². The summed E-state index contributed by atoms with van der Waals surface area (Å²) in [5.41, 5.74) is 6.08. The van der Waals surface area contributed by atoms with E-state index in [0.29, 0.717) is 5.75 Å². The summed E-state index contributed by atoms with van der Waals surface area (Å²) < 4.78 is 36.7. The lowest BCUT2D eigenvalue weighted by atomic mass is 10.2. The number of hydrogen-bond acceptors (Lipinski definition) is 5. The van der Waals surface area contributed by atoms with E-state index in [1.807, 2.05) is 6.92 Å². The number of sulfonamides is 1. The van der Waals surface area contributed by atoms with E-state index in [2.05, 4.69) is 4.72 Å². The second-order valence-corrected chi connectivity index (χ2v) is 5.39. The Hall–Kier alpha value is -1.31. The van der Waals surface area contributed by atoms with Crippen molar-refractivity contribution >= 4 is 10.0 Å². The van der Waals surface area contributed by atoms with Crippen molar-refractivity contribution in [1.82, 2.24) is 4.72 Å². The van der Waals surface area contributed by atoms with Gasteiger partial charge in [-0.15, -0.1) is 0 Å². The largest absolute Gasteiger partial charge is 0.496 e. The van der Waals surface area contributed by atoms with Gasteiger partial charge in [-0.3, -0.25) is 0 Å². The Balaban J connectivity index is 3.29. The lowest BCUT2D eigenvalue weighted by Gasteiger charge is -2.13. The first kappa shape index (κ1) is 14.7. The highest BCUT2D eigenvalue weighted by molar-refractivity contribution is 7.89. The van der Waals surface area contributed by atoms with Gasteiger partial charge in [-0.25, -0.2) is 13.1 Å². The predicted octanol–water partition coefficient (Wildman–Crippen LogP) is 0.249. The minimum absolute atomic E-state index is 0.0425. The molecule has 0 heterocycles. The van der Waals surface area contributed by atoms with Crippen LogP contribution in [0.5, 0.6) is 11.5 Å². The fraction of sp³-hybridized carbons (Fsp3) is 0.455. The Morgan fingerprint density at radius 2 is 1.83 bits per heavy atom. The zero-order valence-electron chi connectivity index (χ0n) is 10.7. The second-order valence-electron chi connectivity index (χ2n) is 3.66. The highest BCUT2D eigenvalue weighted by Crippen LogP contribution is 2.31. The van der Waals surface area contributed by atoms with E-state index in [4.69, 9.17) is 15.2 Å². The van der Waals surface area contributed by atoms with Gasteiger partial charge in [0.2, 0.25) is 10.0 Å². The molecule has 0 bridgehead atoms. The number of nitrogens with two attached hydrogens (primary N) is 1. The third-order valence-corrected chi connectivity index (χ3v) is 3.89. The quantitative estimate of drug-likeness (QED) is 0.776. The minimum atomic E-state index is -3.65. The number of aryl methyl sites for hydroxylation is 1. The van der Waals surface area contributed by atoms with Gasteiger partial charge in [-0.2, -0.15) is 0 Å². The molecule has 0 aliphatic carbocycles. The van der Waals surface area contributed by atoms with Crippen molar-refractivity contribution in [3.8, 4) is 11.5 Å². The summed E-state index contributed by atoms with van der Waals surface area (Å²) in [4.78, 5) is 0.0425. The van der Waals surface area contributed by atoms with E-state index in [1.54, 1.807) is 6.07 Å². The van der Waals surface area contributed by atoms with Crippen LogP contribution in [-0.2, 0) is 10.0 Å². The smallest absolute Gasteiger partial charge is 0.244 e. The topological polar surface area (TPSA) is 90.7 Å². The third kappa shape index (κ3) is 3.12. The molecule has 3 N–H and O–H groups in total. The summed E-state index contributed by atoms with van der Waals surface area (Å²) in [7, 11) is -0.745. The Morgan fingerprint density at radius 3 is 2.33 bits per heavy atom. The van der Waals surface area contributed by atoms with Gasteiger partial charge in [0.15, 0.2) is 0 Å². The lowest BCUT2D eigenvalue weighted by molar-refractivity contribution is 0.390. The third-order valence-electron chi connectivity index (χ3n) is 2.41. The van der Waals surface area contributed by atoms with Gasteiger partial charge in [0.05, 0.1) is 14.2 Å². The molecule has 0 saturated heterocycles. The van der Waals surface area contributed by atoms with Gasteiger partial charge in [0.25, 0.3) is 0 Å². The predicted molar refractivity (Wildman–Crippen MR) is 68.5 cm³/mol. The highest BCUT2D eigenvalue weighted by Gasteiger charge is 2.21. The summed E-state index contributed by atoms with van der Waals surface area (Å²) >= 11 is 0. The molecule has 18 heavy (non-hydrogen) atoms. The van der Waals surface area contributed by atoms with Crippen molar-refractivity contribution in [2.75, 3.05) is 27.3 Å². The highest BCUT2D eigenvalue weighted by atomic mass is 32.2. The van der Waals surface area contributed by atoms with E-state index in [1.165, 1.54) is 20.3 Å².